The Labute approximate surface area is 135 Å². The summed E-state index contributed by atoms with van der Waals surface area (Å²) in [5.74, 6) is 0. The van der Waals surface area contributed by atoms with Gasteiger partial charge in [0.25, 0.3) is 0 Å². The molecule has 0 bridgehead atoms. The Hall–Kier alpha value is -1.52. The molecule has 0 radical (unpaired) electrons. The third-order valence-electron chi connectivity index (χ3n) is 3.46. The number of nitrogens with one attached hydrogen (secondary N) is 1. The molecular weight excluding hydrogens is 276 g/mol. The van der Waals surface area contributed by atoms with Crippen LogP contribution in [0.3, 0.4) is 0 Å². The Morgan fingerprint density at radius 1 is 1.36 bits per heavy atom. The zero-order chi connectivity index (χ0) is 16.4. The zero-order valence-electron chi connectivity index (χ0n) is 14.4. The quantitative estimate of drug-likeness (QED) is 0.884. The van der Waals surface area contributed by atoms with Gasteiger partial charge in [-0.15, -0.1) is 0 Å². The van der Waals surface area contributed by atoms with Gasteiger partial charge in [0.05, 0.1) is 19.3 Å². The van der Waals surface area contributed by atoms with E-state index in [1.165, 1.54) is 12.1 Å². The van der Waals surface area contributed by atoms with E-state index in [1.807, 2.05) is 6.92 Å². The van der Waals surface area contributed by atoms with Gasteiger partial charge in [-0.05, 0) is 31.3 Å². The lowest BCUT2D eigenvalue weighted by Crippen LogP contribution is -2.36. The molecule has 22 heavy (non-hydrogen) atoms. The predicted molar refractivity (Wildman–Crippen MR) is 94.7 cm³/mol. The number of hydrogen-bond donors (Lipinski definition) is 1. The molecule has 1 aromatic rings. The van der Waals surface area contributed by atoms with Gasteiger partial charge in [-0.2, -0.15) is 0 Å². The van der Waals surface area contributed by atoms with Crippen LogP contribution < -0.4 is 10.2 Å². The number of hydrogen-bond acceptors (Lipinski definition) is 4. The van der Waals surface area contributed by atoms with Crippen molar-refractivity contribution >= 4 is 11.4 Å². The molecule has 1 atom stereocenters. The van der Waals surface area contributed by atoms with Crippen molar-refractivity contribution in [3.8, 4) is 0 Å². The van der Waals surface area contributed by atoms with E-state index in [4.69, 9.17) is 9.47 Å². The van der Waals surface area contributed by atoms with E-state index < -0.39 is 0 Å². The minimum Gasteiger partial charge on any atom is -0.378 e. The SMILES string of the molecule is C=CNc1ccc(N2CCOCC2)cc1C(C)OC.CCC. The topological polar surface area (TPSA) is 33.7 Å². The van der Waals surface area contributed by atoms with Crippen molar-refractivity contribution < 1.29 is 9.47 Å². The van der Waals surface area contributed by atoms with Crippen LogP contribution in [0.1, 0.15) is 38.9 Å². The summed E-state index contributed by atoms with van der Waals surface area (Å²) in [6, 6.07) is 6.39. The first-order chi connectivity index (χ1) is 10.7. The van der Waals surface area contributed by atoms with Gasteiger partial charge in [0.2, 0.25) is 0 Å². The summed E-state index contributed by atoms with van der Waals surface area (Å²) in [5.41, 5.74) is 3.41. The lowest BCUT2D eigenvalue weighted by molar-refractivity contribution is 0.119. The molecule has 4 heteroatoms. The summed E-state index contributed by atoms with van der Waals surface area (Å²) >= 11 is 0. The van der Waals surface area contributed by atoms with E-state index in [-0.39, 0.29) is 6.10 Å². The number of methoxy groups -OCH3 is 1. The summed E-state index contributed by atoms with van der Waals surface area (Å²) in [6.07, 6.45) is 2.98. The molecule has 0 spiro atoms. The Bertz CT molecular complexity index is 443. The molecule has 1 aromatic carbocycles. The van der Waals surface area contributed by atoms with Crippen LogP contribution in [-0.4, -0.2) is 33.4 Å². The normalized spacial score (nSPS) is 15.5. The third-order valence-corrected chi connectivity index (χ3v) is 3.46. The van der Waals surface area contributed by atoms with E-state index in [2.05, 4.69) is 48.8 Å². The van der Waals surface area contributed by atoms with Gasteiger partial charge in [-0.1, -0.05) is 26.8 Å². The highest BCUT2D eigenvalue weighted by Crippen LogP contribution is 2.30. The van der Waals surface area contributed by atoms with Crippen LogP contribution in [-0.2, 0) is 9.47 Å². The number of rotatable bonds is 5. The molecule has 1 N–H and O–H groups in total. The molecular formula is C18H30N2O2. The smallest absolute Gasteiger partial charge is 0.0813 e. The van der Waals surface area contributed by atoms with Crippen molar-refractivity contribution in [3.05, 3.63) is 36.5 Å². The molecule has 1 fully saturated rings. The predicted octanol–water partition coefficient (Wildman–Crippen LogP) is 4.20. The van der Waals surface area contributed by atoms with Crippen LogP contribution in [0, 0.1) is 0 Å². The van der Waals surface area contributed by atoms with Crippen molar-refractivity contribution in [2.45, 2.75) is 33.3 Å². The highest BCUT2D eigenvalue weighted by atomic mass is 16.5. The highest BCUT2D eigenvalue weighted by molar-refractivity contribution is 5.62. The molecule has 1 saturated heterocycles. The monoisotopic (exact) mass is 306 g/mol. The summed E-state index contributed by atoms with van der Waals surface area (Å²) in [7, 11) is 1.73. The minimum absolute atomic E-state index is 0.0449. The van der Waals surface area contributed by atoms with Crippen molar-refractivity contribution in [2.75, 3.05) is 43.6 Å². The fraction of sp³-hybridized carbons (Fsp3) is 0.556. The number of nitrogens with zero attached hydrogens (tertiary/aromatic N) is 1. The molecule has 124 valence electrons. The van der Waals surface area contributed by atoms with Gasteiger partial charge in [0, 0.05) is 37.1 Å². The summed E-state index contributed by atoms with van der Waals surface area (Å²) < 4.78 is 10.8. The summed E-state index contributed by atoms with van der Waals surface area (Å²) in [5, 5.41) is 3.16. The van der Waals surface area contributed by atoms with Gasteiger partial charge in [0.1, 0.15) is 0 Å². The Kier molecular flexibility index (Phi) is 8.63. The van der Waals surface area contributed by atoms with Gasteiger partial charge < -0.3 is 19.7 Å². The molecule has 1 heterocycles. The first-order valence-corrected chi connectivity index (χ1v) is 8.04. The Morgan fingerprint density at radius 3 is 2.55 bits per heavy atom. The van der Waals surface area contributed by atoms with E-state index in [1.54, 1.807) is 13.3 Å². The second-order valence-corrected chi connectivity index (χ2v) is 5.30. The van der Waals surface area contributed by atoms with Crippen LogP contribution in [0.5, 0.6) is 0 Å². The number of ether oxygens (including phenoxy) is 2. The molecule has 0 aliphatic carbocycles. The average molecular weight is 306 g/mol. The van der Waals surface area contributed by atoms with Crippen molar-refractivity contribution in [1.29, 1.82) is 0 Å². The Morgan fingerprint density at radius 2 is 2.00 bits per heavy atom. The largest absolute Gasteiger partial charge is 0.378 e. The van der Waals surface area contributed by atoms with E-state index >= 15 is 0 Å². The second-order valence-electron chi connectivity index (χ2n) is 5.30. The molecule has 0 amide bonds. The van der Waals surface area contributed by atoms with Crippen LogP contribution in [0.25, 0.3) is 0 Å². The number of morpholine rings is 1. The minimum atomic E-state index is 0.0449. The maximum atomic E-state index is 5.45. The maximum absolute atomic E-state index is 5.45. The van der Waals surface area contributed by atoms with Crippen LogP contribution >= 0.6 is 0 Å². The lowest BCUT2D eigenvalue weighted by atomic mass is 10.1. The van der Waals surface area contributed by atoms with Gasteiger partial charge >= 0.3 is 0 Å². The maximum Gasteiger partial charge on any atom is 0.0813 e. The first-order valence-electron chi connectivity index (χ1n) is 8.04. The Balaban J connectivity index is 0.000000745. The second kappa shape index (κ2) is 10.2. The molecule has 1 aliphatic rings. The van der Waals surface area contributed by atoms with Crippen molar-refractivity contribution in [3.63, 3.8) is 0 Å². The van der Waals surface area contributed by atoms with E-state index in [0.717, 1.165) is 37.6 Å². The van der Waals surface area contributed by atoms with E-state index in [9.17, 15) is 0 Å². The van der Waals surface area contributed by atoms with Gasteiger partial charge in [0.15, 0.2) is 0 Å². The molecule has 0 aromatic heterocycles. The fourth-order valence-corrected chi connectivity index (χ4v) is 2.27. The fourth-order valence-electron chi connectivity index (χ4n) is 2.27. The first kappa shape index (κ1) is 18.5. The van der Waals surface area contributed by atoms with Crippen molar-refractivity contribution in [2.24, 2.45) is 0 Å². The van der Waals surface area contributed by atoms with E-state index in [0.29, 0.717) is 0 Å². The molecule has 2 rings (SSSR count). The molecule has 1 unspecified atom stereocenters. The summed E-state index contributed by atoms with van der Waals surface area (Å²) in [6.45, 7) is 13.5. The molecule has 0 saturated carbocycles. The third kappa shape index (κ3) is 5.35. The van der Waals surface area contributed by atoms with Crippen LogP contribution in [0.15, 0.2) is 31.0 Å². The molecule has 4 nitrogen and oxygen atoms in total. The van der Waals surface area contributed by atoms with Gasteiger partial charge in [-0.25, -0.2) is 0 Å². The lowest BCUT2D eigenvalue weighted by Gasteiger charge is -2.30. The van der Waals surface area contributed by atoms with Crippen LogP contribution in [0.4, 0.5) is 11.4 Å². The van der Waals surface area contributed by atoms with Crippen LogP contribution in [0.2, 0.25) is 0 Å². The standard InChI is InChI=1S/C15H22N2O2.C3H8/c1-4-16-15-6-5-13(11-14(15)12(2)18-3)17-7-9-19-10-8-17;1-3-2/h4-6,11-12,16H,1,7-10H2,2-3H3;3H2,1-2H3. The number of anilines is 2. The number of benzene rings is 1. The van der Waals surface area contributed by atoms with Gasteiger partial charge in [-0.3, -0.25) is 0 Å². The summed E-state index contributed by atoms with van der Waals surface area (Å²) in [4.78, 5) is 2.34. The highest BCUT2D eigenvalue weighted by Gasteiger charge is 2.15. The molecule has 1 aliphatic heterocycles. The zero-order valence-corrected chi connectivity index (χ0v) is 14.4. The average Bonchev–Trinajstić information content (AvgIpc) is 2.56. The van der Waals surface area contributed by atoms with Crippen molar-refractivity contribution in [1.82, 2.24) is 0 Å².